The zero-order valence-corrected chi connectivity index (χ0v) is 25.3. The first kappa shape index (κ1) is 25.6. The molecule has 11 rings (SSSR count). The van der Waals surface area contributed by atoms with Crippen molar-refractivity contribution in [3.8, 4) is 0 Å². The molecule has 0 radical (unpaired) electrons. The lowest BCUT2D eigenvalue weighted by molar-refractivity contribution is -0.125. The van der Waals surface area contributed by atoms with Crippen LogP contribution in [0.4, 0.5) is 0 Å². The molecule has 3 nitrogen and oxygen atoms in total. The molecule has 222 valence electrons. The summed E-state index contributed by atoms with van der Waals surface area (Å²) < 4.78 is 13.7. The van der Waals surface area contributed by atoms with Gasteiger partial charge in [0.25, 0.3) is 0 Å². The zero-order valence-electron chi connectivity index (χ0n) is 25.3. The minimum atomic E-state index is -0.889. The highest BCUT2D eigenvalue weighted by Gasteiger charge is 2.82. The lowest BCUT2D eigenvalue weighted by atomic mass is 9.54. The van der Waals surface area contributed by atoms with Crippen molar-refractivity contribution >= 4 is 16.9 Å². The number of hydrogen-bond donors (Lipinski definition) is 0. The Kier molecular flexibility index (Phi) is 4.91. The van der Waals surface area contributed by atoms with Crippen LogP contribution in [0.2, 0.25) is 0 Å². The standard InChI is InChI=1S/C43H32O3/c44-41-42(27-17-9-3-10-18-27)35(25-13-5-1-6-14-25)36(26-15-7-2-8-16-26)43(41,28-19-11-4-12-20-28)38-37(42)39-31-23-29-30(24-32(31)40(38)46-39)34-22-21-33(29)45-34/h1-20,23-24,33-34,37-40H,21-22H2/t33-,34-,37-,38+,39-,40-,42-,43+/m0/s1. The third-order valence-corrected chi connectivity index (χ3v) is 12.3. The maximum atomic E-state index is 16.3. The Bertz CT molecular complexity index is 1960. The molecule has 6 aliphatic rings. The van der Waals surface area contributed by atoms with Crippen molar-refractivity contribution in [3.63, 3.8) is 0 Å². The lowest BCUT2D eigenvalue weighted by Gasteiger charge is -2.45. The van der Waals surface area contributed by atoms with Crippen LogP contribution in [0.25, 0.3) is 11.1 Å². The highest BCUT2D eigenvalue weighted by atomic mass is 16.5. The van der Waals surface area contributed by atoms with Gasteiger partial charge in [-0.3, -0.25) is 4.79 Å². The first-order valence-corrected chi connectivity index (χ1v) is 16.7. The van der Waals surface area contributed by atoms with Crippen LogP contribution in [0.3, 0.4) is 0 Å². The average Bonchev–Trinajstić information content (AvgIpc) is 3.97. The molecule has 0 amide bonds. The van der Waals surface area contributed by atoms with Crippen molar-refractivity contribution in [2.24, 2.45) is 11.8 Å². The molecule has 2 saturated heterocycles. The molecule has 4 heterocycles. The van der Waals surface area contributed by atoms with Gasteiger partial charge in [-0.25, -0.2) is 0 Å². The molecule has 0 N–H and O–H groups in total. The van der Waals surface area contributed by atoms with Gasteiger partial charge < -0.3 is 9.47 Å². The normalized spacial score (nSPS) is 33.9. The molecule has 6 bridgehead atoms. The van der Waals surface area contributed by atoms with Crippen molar-refractivity contribution in [1.82, 2.24) is 0 Å². The number of ketones is 1. The van der Waals surface area contributed by atoms with E-state index in [4.69, 9.17) is 9.47 Å². The largest absolute Gasteiger partial charge is 0.366 e. The van der Waals surface area contributed by atoms with Gasteiger partial charge in [0.05, 0.1) is 35.2 Å². The molecule has 0 aromatic heterocycles. The predicted octanol–water partition coefficient (Wildman–Crippen LogP) is 9.03. The molecule has 5 aromatic carbocycles. The Morgan fingerprint density at radius 3 is 1.28 bits per heavy atom. The number of hydrogen-bond acceptors (Lipinski definition) is 3. The summed E-state index contributed by atoms with van der Waals surface area (Å²) >= 11 is 0. The van der Waals surface area contributed by atoms with E-state index in [1.807, 2.05) is 0 Å². The summed E-state index contributed by atoms with van der Waals surface area (Å²) in [6, 6.07) is 47.5. The number of carbonyl (C=O) groups is 1. The third kappa shape index (κ3) is 2.79. The van der Waals surface area contributed by atoms with E-state index in [-0.39, 0.29) is 36.3 Å². The molecule has 0 unspecified atom stereocenters. The zero-order chi connectivity index (χ0) is 30.2. The van der Waals surface area contributed by atoms with Gasteiger partial charge in [0.2, 0.25) is 0 Å². The van der Waals surface area contributed by atoms with E-state index in [1.165, 1.54) is 22.3 Å². The maximum Gasteiger partial charge on any atom is 0.163 e. The van der Waals surface area contributed by atoms with E-state index in [0.717, 1.165) is 46.2 Å². The predicted molar refractivity (Wildman–Crippen MR) is 177 cm³/mol. The summed E-state index contributed by atoms with van der Waals surface area (Å²) in [5.41, 5.74) is 10.1. The molecule has 3 heteroatoms. The van der Waals surface area contributed by atoms with Crippen LogP contribution >= 0.6 is 0 Å². The summed E-state index contributed by atoms with van der Waals surface area (Å²) in [7, 11) is 0. The number of benzene rings is 5. The second-order valence-corrected chi connectivity index (χ2v) is 14.0. The van der Waals surface area contributed by atoms with E-state index in [1.54, 1.807) is 0 Å². The van der Waals surface area contributed by atoms with Gasteiger partial charge in [-0.2, -0.15) is 0 Å². The Labute approximate surface area is 268 Å². The molecule has 2 aliphatic carbocycles. The summed E-state index contributed by atoms with van der Waals surface area (Å²) in [4.78, 5) is 16.3. The fourth-order valence-corrected chi connectivity index (χ4v) is 10.9. The molecule has 1 saturated carbocycles. The van der Waals surface area contributed by atoms with Crippen molar-refractivity contribution in [2.75, 3.05) is 0 Å². The Morgan fingerprint density at radius 2 is 0.870 bits per heavy atom. The third-order valence-electron chi connectivity index (χ3n) is 12.3. The second kappa shape index (κ2) is 8.82. The molecular formula is C43H32O3. The number of ether oxygens (including phenoxy) is 2. The van der Waals surface area contributed by atoms with Gasteiger partial charge in [-0.05, 0) is 80.6 Å². The summed E-state index contributed by atoms with van der Waals surface area (Å²) in [5, 5.41) is 0. The fraction of sp³-hybridized carbons (Fsp3) is 0.233. The first-order valence-electron chi connectivity index (χ1n) is 16.7. The Hall–Kier alpha value is -4.57. The van der Waals surface area contributed by atoms with Crippen LogP contribution in [0.5, 0.6) is 0 Å². The Morgan fingerprint density at radius 1 is 0.478 bits per heavy atom. The molecule has 46 heavy (non-hydrogen) atoms. The van der Waals surface area contributed by atoms with Gasteiger partial charge in [0, 0.05) is 11.8 Å². The average molecular weight is 597 g/mol. The van der Waals surface area contributed by atoms with E-state index >= 15 is 4.79 Å². The highest BCUT2D eigenvalue weighted by molar-refractivity contribution is 6.30. The lowest BCUT2D eigenvalue weighted by Crippen LogP contribution is -2.42. The molecule has 5 aromatic rings. The van der Waals surface area contributed by atoms with E-state index < -0.39 is 10.8 Å². The van der Waals surface area contributed by atoms with Gasteiger partial charge in [0.15, 0.2) is 5.78 Å². The summed E-state index contributed by atoms with van der Waals surface area (Å²) in [6.45, 7) is 0. The fourth-order valence-electron chi connectivity index (χ4n) is 10.9. The number of allylic oxidation sites excluding steroid dienone is 2. The van der Waals surface area contributed by atoms with Crippen molar-refractivity contribution in [3.05, 3.63) is 178 Å². The van der Waals surface area contributed by atoms with Crippen LogP contribution in [-0.4, -0.2) is 5.78 Å². The minimum absolute atomic E-state index is 0.0552. The van der Waals surface area contributed by atoms with Gasteiger partial charge in [-0.1, -0.05) is 121 Å². The monoisotopic (exact) mass is 596 g/mol. The quantitative estimate of drug-likeness (QED) is 0.208. The van der Waals surface area contributed by atoms with Crippen molar-refractivity contribution < 1.29 is 14.3 Å². The van der Waals surface area contributed by atoms with E-state index in [0.29, 0.717) is 5.78 Å². The van der Waals surface area contributed by atoms with Crippen LogP contribution in [-0.2, 0) is 25.1 Å². The number of Topliss-reactive ketones (excluding diaryl/α,β-unsaturated/α-hetero) is 1. The number of carbonyl (C=O) groups excluding carboxylic acids is 1. The highest BCUT2D eigenvalue weighted by Crippen LogP contribution is 2.81. The second-order valence-electron chi connectivity index (χ2n) is 14.0. The number of rotatable bonds is 4. The van der Waals surface area contributed by atoms with Crippen molar-refractivity contribution in [2.45, 2.75) is 48.1 Å². The number of fused-ring (bicyclic) bond motifs is 17. The van der Waals surface area contributed by atoms with Crippen LogP contribution in [0.1, 0.15) is 81.8 Å². The summed E-state index contributed by atoms with van der Waals surface area (Å²) in [5.74, 6) is 0.188. The van der Waals surface area contributed by atoms with Crippen LogP contribution in [0.15, 0.2) is 133 Å². The van der Waals surface area contributed by atoms with Gasteiger partial charge in [0.1, 0.15) is 0 Å². The molecule has 8 atom stereocenters. The van der Waals surface area contributed by atoms with Crippen LogP contribution < -0.4 is 0 Å². The van der Waals surface area contributed by atoms with E-state index in [2.05, 4.69) is 133 Å². The maximum absolute atomic E-state index is 16.3. The molecular weight excluding hydrogens is 564 g/mol. The van der Waals surface area contributed by atoms with Crippen molar-refractivity contribution in [1.29, 1.82) is 0 Å². The first-order chi connectivity index (χ1) is 22.7. The van der Waals surface area contributed by atoms with Gasteiger partial charge >= 0.3 is 0 Å². The molecule has 4 aliphatic heterocycles. The van der Waals surface area contributed by atoms with Gasteiger partial charge in [-0.15, -0.1) is 0 Å². The topological polar surface area (TPSA) is 35.5 Å². The summed E-state index contributed by atoms with van der Waals surface area (Å²) in [6.07, 6.45) is 2.18. The minimum Gasteiger partial charge on any atom is -0.366 e. The Balaban J connectivity index is 1.29. The smallest absolute Gasteiger partial charge is 0.163 e. The van der Waals surface area contributed by atoms with Crippen LogP contribution in [0, 0.1) is 11.8 Å². The SMILES string of the molecule is O=C1[C@]2(c3ccccc3)C(c3ccccc3)=C(c3ccccc3)[C@@]1(c1ccccc1)[C@H]1[C@@H]2[C@H]2O[C@H]1c1cc3c(cc12)[C@@H]1CC[C@@H]3O1. The molecule has 3 fully saturated rings. The van der Waals surface area contributed by atoms with E-state index in [9.17, 15) is 0 Å². The molecule has 0 spiro atoms.